The third-order valence-corrected chi connectivity index (χ3v) is 4.54. The summed E-state index contributed by atoms with van der Waals surface area (Å²) in [6.07, 6.45) is 10.1. The first kappa shape index (κ1) is 25.9. The fraction of sp³-hybridized carbons (Fsp3) is 0.800. The standard InChI is InChI=1S/C20H36N2O6/c1-3-4-5-6-7-8-9-10-11-12-17(23)21-15(2)19(26)22-16(20(27)28)13-14-18(24)25/h15-16H,3-14H2,1-2H3,(H,21,23)(H,22,26)(H,24,25)(H,27,28)/t15-,16-/m1/s1. The molecule has 2 amide bonds. The highest BCUT2D eigenvalue weighted by Crippen LogP contribution is 2.10. The number of carboxylic acids is 2. The topological polar surface area (TPSA) is 133 Å². The van der Waals surface area contributed by atoms with Gasteiger partial charge in [0.05, 0.1) is 0 Å². The van der Waals surface area contributed by atoms with E-state index in [1.165, 1.54) is 45.4 Å². The molecule has 0 rings (SSSR count). The van der Waals surface area contributed by atoms with Crippen molar-refractivity contribution in [3.8, 4) is 0 Å². The highest BCUT2D eigenvalue weighted by Gasteiger charge is 2.24. The van der Waals surface area contributed by atoms with Gasteiger partial charge in [0, 0.05) is 12.8 Å². The monoisotopic (exact) mass is 400 g/mol. The van der Waals surface area contributed by atoms with Crippen LogP contribution in [0.3, 0.4) is 0 Å². The van der Waals surface area contributed by atoms with Gasteiger partial charge in [-0.15, -0.1) is 0 Å². The maximum absolute atomic E-state index is 12.0. The second-order valence-electron chi connectivity index (χ2n) is 7.20. The summed E-state index contributed by atoms with van der Waals surface area (Å²) in [5, 5.41) is 22.5. The zero-order valence-corrected chi connectivity index (χ0v) is 17.2. The normalized spacial score (nSPS) is 12.8. The fourth-order valence-electron chi connectivity index (χ4n) is 2.80. The van der Waals surface area contributed by atoms with E-state index in [1.54, 1.807) is 0 Å². The van der Waals surface area contributed by atoms with Crippen LogP contribution in [0.4, 0.5) is 0 Å². The second kappa shape index (κ2) is 15.9. The molecule has 8 heteroatoms. The maximum Gasteiger partial charge on any atom is 0.326 e. The van der Waals surface area contributed by atoms with Gasteiger partial charge in [-0.25, -0.2) is 4.79 Å². The van der Waals surface area contributed by atoms with Gasteiger partial charge < -0.3 is 20.8 Å². The number of carboxylic acid groups (broad SMARTS) is 2. The predicted molar refractivity (Wildman–Crippen MR) is 106 cm³/mol. The number of carbonyl (C=O) groups is 4. The van der Waals surface area contributed by atoms with Gasteiger partial charge in [-0.2, -0.15) is 0 Å². The summed E-state index contributed by atoms with van der Waals surface area (Å²) in [6.45, 7) is 3.67. The van der Waals surface area contributed by atoms with Crippen molar-refractivity contribution >= 4 is 23.8 Å². The van der Waals surface area contributed by atoms with E-state index in [1.807, 2.05) is 0 Å². The van der Waals surface area contributed by atoms with Gasteiger partial charge in [-0.1, -0.05) is 58.3 Å². The molecule has 8 nitrogen and oxygen atoms in total. The third kappa shape index (κ3) is 14.0. The number of hydrogen-bond acceptors (Lipinski definition) is 4. The Morgan fingerprint density at radius 3 is 1.82 bits per heavy atom. The van der Waals surface area contributed by atoms with Gasteiger partial charge in [0.1, 0.15) is 12.1 Å². The lowest BCUT2D eigenvalue weighted by atomic mass is 10.1. The molecule has 0 aliphatic rings. The van der Waals surface area contributed by atoms with Gasteiger partial charge >= 0.3 is 11.9 Å². The molecule has 0 aliphatic carbocycles. The molecule has 0 heterocycles. The SMILES string of the molecule is CCCCCCCCCCCC(=O)N[C@H](C)C(=O)N[C@H](CCC(=O)O)C(=O)O. The summed E-state index contributed by atoms with van der Waals surface area (Å²) < 4.78 is 0. The molecule has 4 N–H and O–H groups in total. The largest absolute Gasteiger partial charge is 0.481 e. The Labute approximate surface area is 167 Å². The summed E-state index contributed by atoms with van der Waals surface area (Å²) in [5.41, 5.74) is 0. The van der Waals surface area contributed by atoms with Crippen molar-refractivity contribution in [1.29, 1.82) is 0 Å². The first-order chi connectivity index (χ1) is 13.3. The molecule has 0 aliphatic heterocycles. The van der Waals surface area contributed by atoms with Crippen LogP contribution in [0, 0.1) is 0 Å². The van der Waals surface area contributed by atoms with E-state index in [-0.39, 0.29) is 18.7 Å². The van der Waals surface area contributed by atoms with E-state index >= 15 is 0 Å². The Morgan fingerprint density at radius 2 is 1.32 bits per heavy atom. The van der Waals surface area contributed by atoms with Gasteiger partial charge in [-0.3, -0.25) is 14.4 Å². The minimum absolute atomic E-state index is 0.213. The van der Waals surface area contributed by atoms with E-state index in [0.29, 0.717) is 6.42 Å². The Morgan fingerprint density at radius 1 is 0.786 bits per heavy atom. The number of amides is 2. The van der Waals surface area contributed by atoms with Crippen molar-refractivity contribution in [1.82, 2.24) is 10.6 Å². The first-order valence-electron chi connectivity index (χ1n) is 10.3. The maximum atomic E-state index is 12.0. The van der Waals surface area contributed by atoms with Crippen LogP contribution >= 0.6 is 0 Å². The Hall–Kier alpha value is -2.12. The average molecular weight is 401 g/mol. The van der Waals surface area contributed by atoms with Gasteiger partial charge in [0.2, 0.25) is 11.8 Å². The molecule has 2 atom stereocenters. The van der Waals surface area contributed by atoms with Crippen LogP contribution in [0.1, 0.15) is 90.9 Å². The van der Waals surface area contributed by atoms with Crippen LogP contribution in [0.15, 0.2) is 0 Å². The van der Waals surface area contributed by atoms with Crippen LogP contribution < -0.4 is 10.6 Å². The van der Waals surface area contributed by atoms with E-state index in [2.05, 4.69) is 17.6 Å². The Kier molecular flexibility index (Phi) is 14.7. The number of unbranched alkanes of at least 4 members (excludes halogenated alkanes) is 8. The van der Waals surface area contributed by atoms with Gasteiger partial charge in [0.15, 0.2) is 0 Å². The molecule has 0 radical (unpaired) electrons. The van der Waals surface area contributed by atoms with Crippen molar-refractivity contribution in [2.75, 3.05) is 0 Å². The van der Waals surface area contributed by atoms with Crippen molar-refractivity contribution in [2.24, 2.45) is 0 Å². The molecule has 0 spiro atoms. The summed E-state index contributed by atoms with van der Waals surface area (Å²) in [7, 11) is 0. The summed E-state index contributed by atoms with van der Waals surface area (Å²) in [5.74, 6) is -3.33. The van der Waals surface area contributed by atoms with Crippen LogP contribution in [0.2, 0.25) is 0 Å². The lowest BCUT2D eigenvalue weighted by molar-refractivity contribution is -0.143. The molecule has 0 aromatic rings. The highest BCUT2D eigenvalue weighted by molar-refractivity contribution is 5.90. The molecule has 0 saturated carbocycles. The van der Waals surface area contributed by atoms with Crippen LogP contribution in [0.5, 0.6) is 0 Å². The number of aliphatic carboxylic acids is 2. The molecule has 0 saturated heterocycles. The van der Waals surface area contributed by atoms with E-state index in [0.717, 1.165) is 19.3 Å². The molecular weight excluding hydrogens is 364 g/mol. The second-order valence-corrected chi connectivity index (χ2v) is 7.20. The summed E-state index contributed by atoms with van der Waals surface area (Å²) in [6, 6.07) is -2.17. The zero-order valence-electron chi connectivity index (χ0n) is 17.2. The summed E-state index contributed by atoms with van der Waals surface area (Å²) >= 11 is 0. The van der Waals surface area contributed by atoms with Crippen molar-refractivity contribution < 1.29 is 29.4 Å². The molecule has 0 bridgehead atoms. The highest BCUT2D eigenvalue weighted by atomic mass is 16.4. The number of carbonyl (C=O) groups excluding carboxylic acids is 2. The number of nitrogens with one attached hydrogen (secondary N) is 2. The molecule has 162 valence electrons. The minimum Gasteiger partial charge on any atom is -0.481 e. The predicted octanol–water partition coefficient (Wildman–Crippen LogP) is 2.85. The van der Waals surface area contributed by atoms with Crippen LogP contribution in [0.25, 0.3) is 0 Å². The van der Waals surface area contributed by atoms with Gasteiger partial charge in [-0.05, 0) is 19.8 Å². The fourth-order valence-corrected chi connectivity index (χ4v) is 2.80. The summed E-state index contributed by atoms with van der Waals surface area (Å²) in [4.78, 5) is 45.6. The number of hydrogen-bond donors (Lipinski definition) is 4. The smallest absolute Gasteiger partial charge is 0.326 e. The minimum atomic E-state index is -1.30. The first-order valence-corrected chi connectivity index (χ1v) is 10.3. The average Bonchev–Trinajstić information content (AvgIpc) is 2.63. The van der Waals surface area contributed by atoms with Crippen molar-refractivity contribution in [3.05, 3.63) is 0 Å². The molecule has 0 aromatic heterocycles. The Bertz CT molecular complexity index is 495. The molecular formula is C20H36N2O6. The molecule has 0 fully saturated rings. The third-order valence-electron chi connectivity index (χ3n) is 4.54. The molecule has 28 heavy (non-hydrogen) atoms. The van der Waals surface area contributed by atoms with Crippen molar-refractivity contribution in [2.45, 2.75) is 103 Å². The Balaban J connectivity index is 3.97. The van der Waals surface area contributed by atoms with E-state index in [9.17, 15) is 19.2 Å². The quantitative estimate of drug-likeness (QED) is 0.278. The lowest BCUT2D eigenvalue weighted by Crippen LogP contribution is -2.50. The number of rotatable bonds is 17. The van der Waals surface area contributed by atoms with Crippen molar-refractivity contribution in [3.63, 3.8) is 0 Å². The molecule has 0 unspecified atom stereocenters. The van der Waals surface area contributed by atoms with E-state index < -0.39 is 29.9 Å². The lowest BCUT2D eigenvalue weighted by Gasteiger charge is -2.18. The van der Waals surface area contributed by atoms with Crippen LogP contribution in [-0.4, -0.2) is 46.0 Å². The van der Waals surface area contributed by atoms with E-state index in [4.69, 9.17) is 10.2 Å². The van der Waals surface area contributed by atoms with Gasteiger partial charge in [0.25, 0.3) is 0 Å². The zero-order chi connectivity index (χ0) is 21.4. The van der Waals surface area contributed by atoms with Crippen LogP contribution in [-0.2, 0) is 19.2 Å². The molecule has 0 aromatic carbocycles.